The molecule has 2 heterocycles. The molecule has 0 spiro atoms. The topological polar surface area (TPSA) is 66.6 Å². The lowest BCUT2D eigenvalue weighted by Crippen LogP contribution is -2.13. The third-order valence-electron chi connectivity index (χ3n) is 3.21. The van der Waals surface area contributed by atoms with Gasteiger partial charge in [0.25, 0.3) is 0 Å². The van der Waals surface area contributed by atoms with E-state index >= 15 is 0 Å². The molecule has 1 aliphatic heterocycles. The summed E-state index contributed by atoms with van der Waals surface area (Å²) in [6.45, 7) is 0.968. The molecular weight excluding hydrogens is 232 g/mol. The van der Waals surface area contributed by atoms with E-state index in [2.05, 4.69) is 16.1 Å². The lowest BCUT2D eigenvalue weighted by atomic mass is 10.0. The van der Waals surface area contributed by atoms with Crippen molar-refractivity contribution in [3.63, 3.8) is 0 Å². The zero-order valence-electron chi connectivity index (χ0n) is 9.88. The number of anilines is 1. The molecule has 5 nitrogen and oxygen atoms in total. The van der Waals surface area contributed by atoms with Gasteiger partial charge in [0, 0.05) is 30.9 Å². The van der Waals surface area contributed by atoms with Crippen molar-refractivity contribution in [3.05, 3.63) is 35.6 Å². The second-order valence-corrected chi connectivity index (χ2v) is 4.37. The summed E-state index contributed by atoms with van der Waals surface area (Å²) in [5, 5.41) is 12.7. The first kappa shape index (κ1) is 10.8. The zero-order valence-corrected chi connectivity index (χ0v) is 9.88. The average molecular weight is 244 g/mol. The maximum absolute atomic E-state index is 10.8. The Morgan fingerprint density at radius 2 is 2.33 bits per heavy atom. The smallest absolute Gasteiger partial charge is 0.374 e. The number of fused-ring (bicyclic) bond motifs is 1. The van der Waals surface area contributed by atoms with Gasteiger partial charge in [-0.3, -0.25) is 0 Å². The third-order valence-corrected chi connectivity index (χ3v) is 3.21. The van der Waals surface area contributed by atoms with Crippen LogP contribution in [0.1, 0.15) is 16.1 Å². The van der Waals surface area contributed by atoms with Crippen molar-refractivity contribution < 1.29 is 14.4 Å². The van der Waals surface area contributed by atoms with Crippen LogP contribution in [0.5, 0.6) is 0 Å². The van der Waals surface area contributed by atoms with Gasteiger partial charge >= 0.3 is 5.97 Å². The predicted molar refractivity (Wildman–Crippen MR) is 65.9 cm³/mol. The van der Waals surface area contributed by atoms with Crippen molar-refractivity contribution >= 4 is 11.7 Å². The fourth-order valence-corrected chi connectivity index (χ4v) is 2.35. The molecule has 0 radical (unpaired) electrons. The van der Waals surface area contributed by atoms with Crippen LogP contribution >= 0.6 is 0 Å². The van der Waals surface area contributed by atoms with Crippen LogP contribution in [-0.2, 0) is 6.42 Å². The Bertz CT molecular complexity index is 618. The minimum Gasteiger partial charge on any atom is -0.475 e. The van der Waals surface area contributed by atoms with Gasteiger partial charge in [0.1, 0.15) is 5.69 Å². The van der Waals surface area contributed by atoms with Crippen molar-refractivity contribution in [2.75, 3.05) is 18.5 Å². The molecule has 1 N–H and O–H groups in total. The molecule has 2 aromatic rings. The average Bonchev–Trinajstić information content (AvgIpc) is 2.96. The van der Waals surface area contributed by atoms with E-state index in [0.29, 0.717) is 5.69 Å². The quantitative estimate of drug-likeness (QED) is 0.875. The molecule has 0 bridgehead atoms. The molecule has 1 aromatic carbocycles. The first-order chi connectivity index (χ1) is 8.66. The Kier molecular flexibility index (Phi) is 2.33. The number of hydrogen-bond donors (Lipinski definition) is 1. The van der Waals surface area contributed by atoms with E-state index in [1.807, 2.05) is 19.2 Å². The molecule has 0 fully saturated rings. The van der Waals surface area contributed by atoms with Gasteiger partial charge in [-0.2, -0.15) is 0 Å². The highest BCUT2D eigenvalue weighted by atomic mass is 16.5. The van der Waals surface area contributed by atoms with Crippen molar-refractivity contribution in [2.24, 2.45) is 0 Å². The van der Waals surface area contributed by atoms with Crippen LogP contribution in [-0.4, -0.2) is 29.8 Å². The van der Waals surface area contributed by atoms with Gasteiger partial charge in [0.15, 0.2) is 0 Å². The number of aromatic carboxylic acids is 1. The molecule has 0 amide bonds. The summed E-state index contributed by atoms with van der Waals surface area (Å²) >= 11 is 0. The fourth-order valence-electron chi connectivity index (χ4n) is 2.35. The van der Waals surface area contributed by atoms with Crippen molar-refractivity contribution in [1.29, 1.82) is 0 Å². The molecule has 0 saturated heterocycles. The van der Waals surface area contributed by atoms with Gasteiger partial charge in [-0.15, -0.1) is 0 Å². The third kappa shape index (κ3) is 1.55. The van der Waals surface area contributed by atoms with Crippen LogP contribution in [0.3, 0.4) is 0 Å². The Balaban J connectivity index is 2.12. The second kappa shape index (κ2) is 3.87. The Morgan fingerprint density at radius 1 is 1.50 bits per heavy atom. The van der Waals surface area contributed by atoms with Crippen molar-refractivity contribution in [1.82, 2.24) is 5.16 Å². The van der Waals surface area contributed by atoms with Gasteiger partial charge in [0.2, 0.25) is 5.76 Å². The SMILES string of the molecule is CN1CCc2cccc(-c3cc(C(=O)O)on3)c21. The van der Waals surface area contributed by atoms with Gasteiger partial charge in [-0.1, -0.05) is 23.4 Å². The molecule has 1 aromatic heterocycles. The number of para-hydroxylation sites is 1. The molecule has 0 aliphatic carbocycles. The summed E-state index contributed by atoms with van der Waals surface area (Å²) in [5.74, 6) is -1.24. The number of nitrogens with zero attached hydrogens (tertiary/aromatic N) is 2. The van der Waals surface area contributed by atoms with E-state index in [9.17, 15) is 4.79 Å². The number of likely N-dealkylation sites (N-methyl/N-ethyl adjacent to an activating group) is 1. The van der Waals surface area contributed by atoms with E-state index in [-0.39, 0.29) is 5.76 Å². The Hall–Kier alpha value is -2.30. The molecule has 18 heavy (non-hydrogen) atoms. The van der Waals surface area contributed by atoms with Crippen LogP contribution in [0.15, 0.2) is 28.8 Å². The lowest BCUT2D eigenvalue weighted by Gasteiger charge is -2.15. The first-order valence-electron chi connectivity index (χ1n) is 5.70. The maximum Gasteiger partial charge on any atom is 0.374 e. The number of rotatable bonds is 2. The first-order valence-corrected chi connectivity index (χ1v) is 5.70. The molecule has 1 aliphatic rings. The van der Waals surface area contributed by atoms with Crippen LogP contribution in [0.2, 0.25) is 0 Å². The minimum absolute atomic E-state index is 0.136. The highest BCUT2D eigenvalue weighted by Crippen LogP contribution is 2.36. The van der Waals surface area contributed by atoms with Gasteiger partial charge in [0.05, 0.1) is 0 Å². The normalized spacial score (nSPS) is 13.7. The van der Waals surface area contributed by atoms with Crippen LogP contribution < -0.4 is 4.90 Å². The zero-order chi connectivity index (χ0) is 12.7. The molecule has 0 atom stereocenters. The molecule has 5 heteroatoms. The molecule has 92 valence electrons. The largest absolute Gasteiger partial charge is 0.475 e. The van der Waals surface area contributed by atoms with Gasteiger partial charge in [-0.05, 0) is 12.0 Å². The number of hydrogen-bond acceptors (Lipinski definition) is 4. The molecule has 0 saturated carbocycles. The van der Waals surface area contributed by atoms with E-state index in [1.54, 1.807) is 0 Å². The van der Waals surface area contributed by atoms with E-state index in [0.717, 1.165) is 24.2 Å². The van der Waals surface area contributed by atoms with Crippen molar-refractivity contribution in [3.8, 4) is 11.3 Å². The number of carboxylic acids is 1. The van der Waals surface area contributed by atoms with E-state index in [4.69, 9.17) is 9.63 Å². The summed E-state index contributed by atoms with van der Waals surface area (Å²) in [7, 11) is 2.02. The fraction of sp³-hybridized carbons (Fsp3) is 0.231. The highest BCUT2D eigenvalue weighted by molar-refractivity contribution is 5.87. The molecule has 0 unspecified atom stereocenters. The van der Waals surface area contributed by atoms with Crippen LogP contribution in [0.25, 0.3) is 11.3 Å². The van der Waals surface area contributed by atoms with Crippen LogP contribution in [0.4, 0.5) is 5.69 Å². The predicted octanol–water partition coefficient (Wildman–Crippen LogP) is 2.03. The monoisotopic (exact) mass is 244 g/mol. The molecule has 3 rings (SSSR count). The summed E-state index contributed by atoms with van der Waals surface area (Å²) < 4.78 is 4.81. The number of carbonyl (C=O) groups is 1. The minimum atomic E-state index is -1.10. The standard InChI is InChI=1S/C13H12N2O3/c1-15-6-5-8-3-2-4-9(12(8)15)10-7-11(13(16)17)18-14-10/h2-4,7H,5-6H2,1H3,(H,16,17). The highest BCUT2D eigenvalue weighted by Gasteiger charge is 2.22. The van der Waals surface area contributed by atoms with Crippen molar-refractivity contribution in [2.45, 2.75) is 6.42 Å². The maximum atomic E-state index is 10.8. The number of benzene rings is 1. The number of aromatic nitrogens is 1. The van der Waals surface area contributed by atoms with E-state index < -0.39 is 5.97 Å². The molecular formula is C13H12N2O3. The van der Waals surface area contributed by atoms with Gasteiger partial charge in [-0.25, -0.2) is 4.79 Å². The lowest BCUT2D eigenvalue weighted by molar-refractivity contribution is 0.0652. The Labute approximate surface area is 104 Å². The summed E-state index contributed by atoms with van der Waals surface area (Å²) in [5.41, 5.74) is 3.86. The summed E-state index contributed by atoms with van der Waals surface area (Å²) in [6, 6.07) is 7.44. The van der Waals surface area contributed by atoms with Gasteiger partial charge < -0.3 is 14.5 Å². The summed E-state index contributed by atoms with van der Waals surface area (Å²) in [4.78, 5) is 13.0. The number of carboxylic acid groups (broad SMARTS) is 1. The second-order valence-electron chi connectivity index (χ2n) is 4.37. The van der Waals surface area contributed by atoms with Crippen LogP contribution in [0, 0.1) is 0 Å². The summed E-state index contributed by atoms with van der Waals surface area (Å²) in [6.07, 6.45) is 1.00. The Morgan fingerprint density at radius 3 is 3.06 bits per heavy atom. The van der Waals surface area contributed by atoms with E-state index in [1.165, 1.54) is 11.6 Å².